The van der Waals surface area contributed by atoms with Crippen LogP contribution in [0.5, 0.6) is 0 Å². The van der Waals surface area contributed by atoms with E-state index >= 15 is 0 Å². The van der Waals surface area contributed by atoms with Crippen molar-refractivity contribution in [3.8, 4) is 0 Å². The molecule has 0 aliphatic heterocycles. The maximum atomic E-state index is 10.6. The molecule has 0 saturated carbocycles. The fraction of sp³-hybridized carbons (Fsp3) is 0.667. The second kappa shape index (κ2) is 4.54. The first-order valence-corrected chi connectivity index (χ1v) is 3.47. The first-order valence-electron chi connectivity index (χ1n) is 3.47. The Balaban J connectivity index is 3.89. The molecule has 0 rings (SSSR count). The molecule has 5 heteroatoms. The number of rotatable bonds is 4. The molecule has 0 bridgehead atoms. The third-order valence-electron chi connectivity index (χ3n) is 1.25. The maximum Gasteiger partial charge on any atom is 0.240 e. The number of nitrogens with two attached hydrogens (primary N) is 2. The fourth-order valence-electron chi connectivity index (χ4n) is 0.762. The van der Waals surface area contributed by atoms with E-state index in [1.54, 1.807) is 0 Å². The van der Waals surface area contributed by atoms with E-state index in [1.165, 1.54) is 0 Å². The lowest BCUT2D eigenvalue weighted by molar-refractivity contribution is -0.119. The third-order valence-corrected chi connectivity index (χ3v) is 1.25. The van der Waals surface area contributed by atoms with E-state index in [9.17, 15) is 4.79 Å². The Morgan fingerprint density at radius 3 is 2.45 bits per heavy atom. The number of amides is 1. The summed E-state index contributed by atoms with van der Waals surface area (Å²) in [5.74, 6) is -0.690. The second-order valence-corrected chi connectivity index (χ2v) is 2.30. The van der Waals surface area contributed by atoms with Crippen LogP contribution in [0.3, 0.4) is 0 Å². The van der Waals surface area contributed by atoms with E-state index in [0.29, 0.717) is 6.42 Å². The topological polar surface area (TPSA) is 105 Å². The van der Waals surface area contributed by atoms with Crippen LogP contribution in [0.15, 0.2) is 0 Å². The summed E-state index contributed by atoms with van der Waals surface area (Å²) >= 11 is 0. The molecule has 1 amide bonds. The zero-order chi connectivity index (χ0) is 8.85. The van der Waals surface area contributed by atoms with Crippen molar-refractivity contribution < 1.29 is 4.79 Å². The molecule has 0 spiro atoms. The number of primary amides is 1. The lowest BCUT2D eigenvalue weighted by Crippen LogP contribution is -2.46. The van der Waals surface area contributed by atoms with Gasteiger partial charge in [0.1, 0.15) is 6.04 Å². The SMILES string of the molecule is CCC[C@@H](NC(=N)N)C(N)=O. The minimum atomic E-state index is -0.502. The summed E-state index contributed by atoms with van der Waals surface area (Å²) in [5.41, 5.74) is 10.0. The average molecular weight is 158 g/mol. The van der Waals surface area contributed by atoms with Gasteiger partial charge in [0.2, 0.25) is 5.91 Å². The normalized spacial score (nSPS) is 12.1. The molecule has 1 atom stereocenters. The summed E-state index contributed by atoms with van der Waals surface area (Å²) < 4.78 is 0. The van der Waals surface area contributed by atoms with Gasteiger partial charge in [-0.1, -0.05) is 13.3 Å². The van der Waals surface area contributed by atoms with Crippen LogP contribution >= 0.6 is 0 Å². The predicted molar refractivity (Wildman–Crippen MR) is 42.9 cm³/mol. The largest absolute Gasteiger partial charge is 0.370 e. The first kappa shape index (κ1) is 9.74. The predicted octanol–water partition coefficient (Wildman–Crippen LogP) is -0.877. The number of carbonyl (C=O) groups is 1. The van der Waals surface area contributed by atoms with E-state index in [1.807, 2.05) is 6.92 Å². The monoisotopic (exact) mass is 158 g/mol. The molecular formula is C6H14N4O. The van der Waals surface area contributed by atoms with E-state index in [0.717, 1.165) is 6.42 Å². The summed E-state index contributed by atoms with van der Waals surface area (Å²) in [5, 5.41) is 9.32. The first-order chi connectivity index (χ1) is 5.07. The lowest BCUT2D eigenvalue weighted by Gasteiger charge is -2.13. The van der Waals surface area contributed by atoms with Crippen LogP contribution in [0.25, 0.3) is 0 Å². The van der Waals surface area contributed by atoms with Crippen LogP contribution in [-0.4, -0.2) is 17.9 Å². The van der Waals surface area contributed by atoms with Crippen molar-refractivity contribution in [2.24, 2.45) is 11.5 Å². The summed E-state index contributed by atoms with van der Waals surface area (Å²) in [4.78, 5) is 10.6. The van der Waals surface area contributed by atoms with E-state index in [-0.39, 0.29) is 5.96 Å². The number of hydrogen-bond acceptors (Lipinski definition) is 2. The molecule has 0 heterocycles. The van der Waals surface area contributed by atoms with Crippen molar-refractivity contribution >= 4 is 11.9 Å². The Morgan fingerprint density at radius 1 is 1.64 bits per heavy atom. The Morgan fingerprint density at radius 2 is 2.18 bits per heavy atom. The number of guanidine groups is 1. The molecule has 0 fully saturated rings. The molecular weight excluding hydrogens is 144 g/mol. The van der Waals surface area contributed by atoms with Crippen LogP contribution in [0.4, 0.5) is 0 Å². The number of carbonyl (C=O) groups excluding carboxylic acids is 1. The smallest absolute Gasteiger partial charge is 0.240 e. The molecule has 0 aliphatic carbocycles. The van der Waals surface area contributed by atoms with Gasteiger partial charge in [0, 0.05) is 0 Å². The molecule has 11 heavy (non-hydrogen) atoms. The van der Waals surface area contributed by atoms with Crippen LogP contribution in [0.2, 0.25) is 0 Å². The highest BCUT2D eigenvalue weighted by Gasteiger charge is 2.13. The van der Waals surface area contributed by atoms with Crippen LogP contribution in [0.1, 0.15) is 19.8 Å². The van der Waals surface area contributed by atoms with Gasteiger partial charge in [0.25, 0.3) is 0 Å². The van der Waals surface area contributed by atoms with E-state index in [2.05, 4.69) is 5.32 Å². The molecule has 0 unspecified atom stereocenters. The summed E-state index contributed by atoms with van der Waals surface area (Å²) in [6.07, 6.45) is 1.43. The molecule has 0 aromatic rings. The molecule has 0 radical (unpaired) electrons. The minimum absolute atomic E-state index is 0.220. The van der Waals surface area contributed by atoms with Crippen molar-refractivity contribution in [1.29, 1.82) is 5.41 Å². The van der Waals surface area contributed by atoms with Gasteiger partial charge in [-0.25, -0.2) is 0 Å². The van der Waals surface area contributed by atoms with Gasteiger partial charge < -0.3 is 16.8 Å². The fourth-order valence-corrected chi connectivity index (χ4v) is 0.762. The van der Waals surface area contributed by atoms with Crippen molar-refractivity contribution in [2.45, 2.75) is 25.8 Å². The number of nitrogens with one attached hydrogen (secondary N) is 2. The molecule has 0 aromatic heterocycles. The third kappa shape index (κ3) is 4.19. The Hall–Kier alpha value is -1.26. The van der Waals surface area contributed by atoms with Gasteiger partial charge in [-0.05, 0) is 6.42 Å². The van der Waals surface area contributed by atoms with Crippen molar-refractivity contribution in [3.05, 3.63) is 0 Å². The van der Waals surface area contributed by atoms with Gasteiger partial charge >= 0.3 is 0 Å². The zero-order valence-corrected chi connectivity index (χ0v) is 6.55. The Labute approximate surface area is 65.6 Å². The average Bonchev–Trinajstić information content (AvgIpc) is 1.86. The van der Waals surface area contributed by atoms with Crippen molar-refractivity contribution in [1.82, 2.24) is 5.32 Å². The Bertz CT molecular complexity index is 157. The lowest BCUT2D eigenvalue weighted by atomic mass is 10.1. The highest BCUT2D eigenvalue weighted by Crippen LogP contribution is 1.94. The van der Waals surface area contributed by atoms with E-state index < -0.39 is 11.9 Å². The van der Waals surface area contributed by atoms with Crippen molar-refractivity contribution in [2.75, 3.05) is 0 Å². The highest BCUT2D eigenvalue weighted by molar-refractivity contribution is 5.85. The zero-order valence-electron chi connectivity index (χ0n) is 6.55. The molecule has 64 valence electrons. The van der Waals surface area contributed by atoms with Gasteiger partial charge in [-0.2, -0.15) is 0 Å². The summed E-state index contributed by atoms with van der Waals surface area (Å²) in [6.45, 7) is 1.93. The van der Waals surface area contributed by atoms with Crippen LogP contribution in [-0.2, 0) is 4.79 Å². The molecule has 0 saturated heterocycles. The van der Waals surface area contributed by atoms with E-state index in [4.69, 9.17) is 16.9 Å². The quantitative estimate of drug-likeness (QED) is 0.315. The van der Waals surface area contributed by atoms with Crippen LogP contribution < -0.4 is 16.8 Å². The van der Waals surface area contributed by atoms with Crippen LogP contribution in [0, 0.1) is 5.41 Å². The van der Waals surface area contributed by atoms with Gasteiger partial charge in [-0.3, -0.25) is 10.2 Å². The van der Waals surface area contributed by atoms with Gasteiger partial charge in [0.15, 0.2) is 5.96 Å². The van der Waals surface area contributed by atoms with Gasteiger partial charge in [0.05, 0.1) is 0 Å². The maximum absolute atomic E-state index is 10.6. The molecule has 0 aromatic carbocycles. The minimum Gasteiger partial charge on any atom is -0.370 e. The molecule has 5 nitrogen and oxygen atoms in total. The standard InChI is InChI=1S/C6H14N4O/c1-2-3-4(5(7)11)10-6(8)9/h4H,2-3H2,1H3,(H2,7,11)(H4,8,9,10)/t4-/m1/s1. The van der Waals surface area contributed by atoms with Crippen molar-refractivity contribution in [3.63, 3.8) is 0 Å². The summed E-state index contributed by atoms with van der Waals surface area (Å²) in [6, 6.07) is -0.502. The molecule has 0 aliphatic rings. The van der Waals surface area contributed by atoms with Gasteiger partial charge in [-0.15, -0.1) is 0 Å². The highest BCUT2D eigenvalue weighted by atomic mass is 16.1. The number of hydrogen-bond donors (Lipinski definition) is 4. The summed E-state index contributed by atoms with van der Waals surface area (Å²) in [7, 11) is 0. The molecule has 6 N–H and O–H groups in total. The Kier molecular flexibility index (Phi) is 4.02. The second-order valence-electron chi connectivity index (χ2n) is 2.30.